The highest BCUT2D eigenvalue weighted by Crippen LogP contribution is 2.35. The lowest BCUT2D eigenvalue weighted by Crippen LogP contribution is -2.47. The predicted octanol–water partition coefficient (Wildman–Crippen LogP) is 4.43. The Bertz CT molecular complexity index is 1210. The van der Waals surface area contributed by atoms with Crippen LogP contribution < -0.4 is 9.62 Å². The van der Waals surface area contributed by atoms with Crippen molar-refractivity contribution < 1.29 is 13.2 Å². The number of hydrogen-bond donors (Lipinski definition) is 1. The molecule has 30 heavy (non-hydrogen) atoms. The van der Waals surface area contributed by atoms with E-state index >= 15 is 0 Å². The number of aryl methyl sites for hydroxylation is 3. The molecule has 4 rings (SSSR count). The minimum absolute atomic E-state index is 0.331. The lowest BCUT2D eigenvalue weighted by molar-refractivity contribution is -0.117. The number of nitrogens with zero attached hydrogens (tertiary/aromatic N) is 1. The third-order valence-electron chi connectivity index (χ3n) is 5.75. The summed E-state index contributed by atoms with van der Waals surface area (Å²) in [6.07, 6.45) is 3.52. The SMILES string of the molecule is CC[C@H](C(=O)Nc1ccc2c3c(cccc13)CC2)N(c1ccc(C)cc1)S(C)(=O)=O. The van der Waals surface area contributed by atoms with Gasteiger partial charge in [-0.2, -0.15) is 0 Å². The maximum Gasteiger partial charge on any atom is 0.248 e. The monoisotopic (exact) mass is 422 g/mol. The average molecular weight is 423 g/mol. The molecule has 0 saturated carbocycles. The van der Waals surface area contributed by atoms with Gasteiger partial charge in [0.15, 0.2) is 0 Å². The van der Waals surface area contributed by atoms with Gasteiger partial charge in [0.1, 0.15) is 6.04 Å². The molecule has 3 aromatic carbocycles. The molecule has 1 aliphatic rings. The molecule has 0 aromatic heterocycles. The fraction of sp³-hybridized carbons (Fsp3) is 0.292. The van der Waals surface area contributed by atoms with Gasteiger partial charge in [-0.1, -0.05) is 48.9 Å². The van der Waals surface area contributed by atoms with Gasteiger partial charge in [0.2, 0.25) is 15.9 Å². The molecule has 0 fully saturated rings. The van der Waals surface area contributed by atoms with Crippen molar-refractivity contribution in [1.82, 2.24) is 0 Å². The van der Waals surface area contributed by atoms with Gasteiger partial charge in [0.05, 0.1) is 11.9 Å². The van der Waals surface area contributed by atoms with Crippen LogP contribution in [0.1, 0.15) is 30.0 Å². The van der Waals surface area contributed by atoms with Gasteiger partial charge in [-0.25, -0.2) is 8.42 Å². The number of hydrogen-bond acceptors (Lipinski definition) is 3. The fourth-order valence-corrected chi connectivity index (χ4v) is 5.54. The van der Waals surface area contributed by atoms with Gasteiger partial charge in [-0.05, 0) is 60.9 Å². The lowest BCUT2D eigenvalue weighted by Gasteiger charge is -2.30. The second kappa shape index (κ2) is 7.76. The summed E-state index contributed by atoms with van der Waals surface area (Å²) in [5.74, 6) is -0.331. The molecule has 3 aromatic rings. The summed E-state index contributed by atoms with van der Waals surface area (Å²) in [4.78, 5) is 13.3. The summed E-state index contributed by atoms with van der Waals surface area (Å²) in [5, 5.41) is 5.22. The zero-order valence-corrected chi connectivity index (χ0v) is 18.3. The number of anilines is 2. The van der Waals surface area contributed by atoms with E-state index in [0.717, 1.165) is 35.7 Å². The van der Waals surface area contributed by atoms with Gasteiger partial charge < -0.3 is 5.32 Å². The molecule has 156 valence electrons. The molecule has 6 heteroatoms. The molecule has 1 N–H and O–H groups in total. The van der Waals surface area contributed by atoms with Crippen LogP contribution in [0.2, 0.25) is 0 Å². The minimum atomic E-state index is -3.65. The summed E-state index contributed by atoms with van der Waals surface area (Å²) in [6.45, 7) is 3.76. The van der Waals surface area contributed by atoms with E-state index in [0.29, 0.717) is 12.1 Å². The summed E-state index contributed by atoms with van der Waals surface area (Å²) in [5.41, 5.74) is 4.83. The van der Waals surface area contributed by atoms with Crippen LogP contribution in [-0.2, 0) is 27.7 Å². The van der Waals surface area contributed by atoms with E-state index in [9.17, 15) is 13.2 Å². The molecule has 0 radical (unpaired) electrons. The van der Waals surface area contributed by atoms with Crippen LogP contribution in [0.4, 0.5) is 11.4 Å². The molecule has 0 spiro atoms. The van der Waals surface area contributed by atoms with E-state index in [1.807, 2.05) is 44.2 Å². The van der Waals surface area contributed by atoms with E-state index in [-0.39, 0.29) is 5.91 Å². The third kappa shape index (κ3) is 3.67. The van der Waals surface area contributed by atoms with Crippen LogP contribution in [0.5, 0.6) is 0 Å². The maximum absolute atomic E-state index is 13.3. The van der Waals surface area contributed by atoms with Gasteiger partial charge in [0, 0.05) is 11.1 Å². The van der Waals surface area contributed by atoms with Crippen LogP contribution in [0, 0.1) is 6.92 Å². The topological polar surface area (TPSA) is 66.5 Å². The second-order valence-corrected chi connectivity index (χ2v) is 9.78. The third-order valence-corrected chi connectivity index (χ3v) is 6.93. The molecule has 0 aliphatic heterocycles. The first kappa shape index (κ1) is 20.4. The number of sulfonamides is 1. The van der Waals surface area contributed by atoms with Crippen molar-refractivity contribution in [3.05, 3.63) is 71.3 Å². The van der Waals surface area contributed by atoms with E-state index in [1.54, 1.807) is 12.1 Å². The maximum atomic E-state index is 13.3. The first-order valence-electron chi connectivity index (χ1n) is 10.2. The highest BCUT2D eigenvalue weighted by molar-refractivity contribution is 7.92. The average Bonchev–Trinajstić information content (AvgIpc) is 3.13. The van der Waals surface area contributed by atoms with Crippen LogP contribution in [-0.4, -0.2) is 26.6 Å². The largest absolute Gasteiger partial charge is 0.324 e. The van der Waals surface area contributed by atoms with Gasteiger partial charge in [-0.15, -0.1) is 0 Å². The van der Waals surface area contributed by atoms with Gasteiger partial charge in [0.25, 0.3) is 0 Å². The second-order valence-electron chi connectivity index (χ2n) is 7.92. The number of benzene rings is 3. The molecular formula is C24H26N2O3S. The Kier molecular flexibility index (Phi) is 5.28. The van der Waals surface area contributed by atoms with Crippen molar-refractivity contribution in [2.45, 2.75) is 39.2 Å². The number of rotatable bonds is 6. The Morgan fingerprint density at radius 1 is 1.03 bits per heavy atom. The Morgan fingerprint density at radius 3 is 2.33 bits per heavy atom. The van der Waals surface area contributed by atoms with Crippen LogP contribution in [0.3, 0.4) is 0 Å². The van der Waals surface area contributed by atoms with Crippen molar-refractivity contribution in [2.24, 2.45) is 0 Å². The van der Waals surface area contributed by atoms with E-state index in [4.69, 9.17) is 0 Å². The number of nitrogens with one attached hydrogen (secondary N) is 1. The smallest absolute Gasteiger partial charge is 0.248 e. The number of amides is 1. The van der Waals surface area contributed by atoms with E-state index in [2.05, 4.69) is 17.4 Å². The zero-order valence-electron chi connectivity index (χ0n) is 17.5. The minimum Gasteiger partial charge on any atom is -0.324 e. The summed E-state index contributed by atoms with van der Waals surface area (Å²) in [7, 11) is -3.65. The first-order chi connectivity index (χ1) is 14.3. The first-order valence-corrected chi connectivity index (χ1v) is 12.0. The van der Waals surface area contributed by atoms with Crippen molar-refractivity contribution in [2.75, 3.05) is 15.9 Å². The summed E-state index contributed by atoms with van der Waals surface area (Å²) < 4.78 is 26.5. The van der Waals surface area contributed by atoms with Crippen molar-refractivity contribution in [3.8, 4) is 0 Å². The predicted molar refractivity (Wildman–Crippen MR) is 123 cm³/mol. The highest BCUT2D eigenvalue weighted by atomic mass is 32.2. The number of carbonyl (C=O) groups excluding carboxylic acids is 1. The van der Waals surface area contributed by atoms with Crippen molar-refractivity contribution in [3.63, 3.8) is 0 Å². The lowest BCUT2D eigenvalue weighted by atomic mass is 10.0. The molecule has 0 bridgehead atoms. The van der Waals surface area contributed by atoms with Gasteiger partial charge >= 0.3 is 0 Å². The number of carbonyl (C=O) groups is 1. The van der Waals surface area contributed by atoms with Crippen LogP contribution in [0.25, 0.3) is 10.8 Å². The molecule has 0 saturated heterocycles. The molecular weight excluding hydrogens is 396 g/mol. The quantitative estimate of drug-likeness (QED) is 0.639. The zero-order chi connectivity index (χ0) is 21.5. The van der Waals surface area contributed by atoms with Crippen LogP contribution >= 0.6 is 0 Å². The Morgan fingerprint density at radius 2 is 1.70 bits per heavy atom. The Balaban J connectivity index is 1.71. The Labute approximate surface area is 177 Å². The molecule has 1 atom stereocenters. The highest BCUT2D eigenvalue weighted by Gasteiger charge is 2.32. The molecule has 1 aliphatic carbocycles. The van der Waals surface area contributed by atoms with E-state index in [1.165, 1.54) is 20.8 Å². The fourth-order valence-electron chi connectivity index (χ4n) is 4.32. The Hall–Kier alpha value is -2.86. The molecule has 0 heterocycles. The van der Waals surface area contributed by atoms with Crippen molar-refractivity contribution in [1.29, 1.82) is 0 Å². The molecule has 1 amide bonds. The van der Waals surface area contributed by atoms with Crippen molar-refractivity contribution >= 4 is 38.1 Å². The summed E-state index contributed by atoms with van der Waals surface area (Å²) >= 11 is 0. The molecule has 5 nitrogen and oxygen atoms in total. The summed E-state index contributed by atoms with van der Waals surface area (Å²) in [6, 6.07) is 16.5. The van der Waals surface area contributed by atoms with E-state index < -0.39 is 16.1 Å². The van der Waals surface area contributed by atoms with Crippen LogP contribution in [0.15, 0.2) is 54.6 Å². The standard InChI is InChI=1S/C24H26N2O3S/c1-4-22(26(30(3,28)29)19-13-8-16(2)9-14-19)24(27)25-21-15-12-18-11-10-17-6-5-7-20(21)23(17)18/h5-9,12-15,22H,4,10-11H2,1-3H3,(H,25,27)/t22-/m1/s1. The van der Waals surface area contributed by atoms with Gasteiger partial charge in [-0.3, -0.25) is 9.10 Å². The normalized spacial score (nSPS) is 14.0. The molecule has 0 unspecified atom stereocenters.